The highest BCUT2D eigenvalue weighted by molar-refractivity contribution is 5.84. The van der Waals surface area contributed by atoms with Gasteiger partial charge in [-0.05, 0) is 50.2 Å². The largest absolute Gasteiger partial charge is 0.507 e. The Morgan fingerprint density at radius 1 is 0.971 bits per heavy atom. The van der Waals surface area contributed by atoms with Crippen molar-refractivity contribution >= 4 is 11.0 Å². The molecular weight excluding hydrogens is 438 g/mol. The average Bonchev–Trinajstić information content (AvgIpc) is 3.27. The number of aromatic hydroxyl groups is 1. The molecule has 4 aromatic rings. The van der Waals surface area contributed by atoms with E-state index in [0.29, 0.717) is 42.4 Å². The SMILES string of the molecule is Cc1c(-c2cc3cc(OCCNCC(O)COc4ccccc4)ccc3o2)oc(=O)c(C)c1O. The van der Waals surface area contributed by atoms with Gasteiger partial charge in [0.1, 0.15) is 42.1 Å². The van der Waals surface area contributed by atoms with Gasteiger partial charge in [0.15, 0.2) is 11.5 Å². The summed E-state index contributed by atoms with van der Waals surface area (Å²) in [6.07, 6.45) is -0.634. The first-order valence-corrected chi connectivity index (χ1v) is 11.0. The van der Waals surface area contributed by atoms with Crippen molar-refractivity contribution in [2.75, 3.05) is 26.3 Å². The number of hydrogen-bond donors (Lipinski definition) is 3. The Morgan fingerprint density at radius 2 is 1.76 bits per heavy atom. The van der Waals surface area contributed by atoms with Crippen molar-refractivity contribution < 1.29 is 28.5 Å². The number of nitrogens with one attached hydrogen (secondary N) is 1. The first-order chi connectivity index (χ1) is 16.4. The predicted molar refractivity (Wildman–Crippen MR) is 128 cm³/mol. The Bertz CT molecular complexity index is 1310. The zero-order chi connectivity index (χ0) is 24.1. The summed E-state index contributed by atoms with van der Waals surface area (Å²) in [6.45, 7) is 4.71. The number of aliphatic hydroxyl groups excluding tert-OH is 1. The molecule has 3 N–H and O–H groups in total. The summed E-state index contributed by atoms with van der Waals surface area (Å²) in [6, 6.07) is 16.5. The standard InChI is InChI=1S/C26H27NO7/c1-16-24(29)17(2)26(30)34-25(16)23-13-18-12-21(8-9-22(18)33-23)31-11-10-27-14-19(28)15-32-20-6-4-3-5-7-20/h3-9,12-13,19,27-29H,10-11,14-15H2,1-2H3. The average molecular weight is 466 g/mol. The maximum atomic E-state index is 12.0. The molecule has 2 aromatic carbocycles. The smallest absolute Gasteiger partial charge is 0.343 e. The fraction of sp³-hybridized carbons (Fsp3) is 0.269. The number of furan rings is 1. The molecular formula is C26H27NO7. The maximum absolute atomic E-state index is 12.0. The highest BCUT2D eigenvalue weighted by Gasteiger charge is 2.18. The van der Waals surface area contributed by atoms with Crippen LogP contribution in [0.15, 0.2) is 68.2 Å². The predicted octanol–water partition coefficient (Wildman–Crippen LogP) is 3.78. The second-order valence-electron chi connectivity index (χ2n) is 7.96. The second-order valence-corrected chi connectivity index (χ2v) is 7.96. The van der Waals surface area contributed by atoms with E-state index in [1.165, 1.54) is 6.92 Å². The molecule has 0 saturated heterocycles. The van der Waals surface area contributed by atoms with Crippen molar-refractivity contribution in [1.82, 2.24) is 5.32 Å². The Hall–Kier alpha value is -3.75. The number of rotatable bonds is 10. The van der Waals surface area contributed by atoms with Crippen molar-refractivity contribution in [1.29, 1.82) is 0 Å². The molecule has 8 heteroatoms. The third-order valence-electron chi connectivity index (χ3n) is 5.38. The third-order valence-corrected chi connectivity index (χ3v) is 5.38. The molecule has 0 aliphatic heterocycles. The Kier molecular flexibility index (Phi) is 7.20. The van der Waals surface area contributed by atoms with Crippen molar-refractivity contribution in [3.63, 3.8) is 0 Å². The molecule has 0 radical (unpaired) electrons. The summed E-state index contributed by atoms with van der Waals surface area (Å²) >= 11 is 0. The van der Waals surface area contributed by atoms with Crippen LogP contribution in [0.3, 0.4) is 0 Å². The van der Waals surface area contributed by atoms with Gasteiger partial charge in [-0.1, -0.05) is 18.2 Å². The highest BCUT2D eigenvalue weighted by Crippen LogP contribution is 2.34. The molecule has 0 aliphatic carbocycles. The summed E-state index contributed by atoms with van der Waals surface area (Å²) in [5.41, 5.74) is 0.601. The van der Waals surface area contributed by atoms with Crippen LogP contribution in [0.4, 0.5) is 0 Å². The zero-order valence-electron chi connectivity index (χ0n) is 19.0. The van der Waals surface area contributed by atoms with Gasteiger partial charge < -0.3 is 33.8 Å². The van der Waals surface area contributed by atoms with Crippen LogP contribution in [0.1, 0.15) is 11.1 Å². The fourth-order valence-corrected chi connectivity index (χ4v) is 3.47. The van der Waals surface area contributed by atoms with Crippen LogP contribution in [-0.4, -0.2) is 42.6 Å². The molecule has 2 heterocycles. The van der Waals surface area contributed by atoms with E-state index in [2.05, 4.69) is 5.32 Å². The topological polar surface area (TPSA) is 114 Å². The van der Waals surface area contributed by atoms with E-state index in [1.54, 1.807) is 25.1 Å². The summed E-state index contributed by atoms with van der Waals surface area (Å²) in [5.74, 6) is 1.83. The first kappa shape index (κ1) is 23.4. The molecule has 0 spiro atoms. The summed E-state index contributed by atoms with van der Waals surface area (Å²) in [5, 5.41) is 24.1. The summed E-state index contributed by atoms with van der Waals surface area (Å²) in [7, 11) is 0. The van der Waals surface area contributed by atoms with Gasteiger partial charge >= 0.3 is 5.63 Å². The number of para-hydroxylation sites is 1. The minimum atomic E-state index is -0.634. The maximum Gasteiger partial charge on any atom is 0.343 e. The molecule has 0 bridgehead atoms. The lowest BCUT2D eigenvalue weighted by Gasteiger charge is -2.13. The number of ether oxygens (including phenoxy) is 2. The monoisotopic (exact) mass is 465 g/mol. The number of fused-ring (bicyclic) bond motifs is 1. The molecule has 4 rings (SSSR count). The van der Waals surface area contributed by atoms with E-state index in [-0.39, 0.29) is 23.7 Å². The van der Waals surface area contributed by atoms with Crippen molar-refractivity contribution in [2.24, 2.45) is 0 Å². The molecule has 0 fully saturated rings. The van der Waals surface area contributed by atoms with Crippen molar-refractivity contribution in [3.8, 4) is 28.8 Å². The third kappa shape index (κ3) is 5.41. The van der Waals surface area contributed by atoms with Gasteiger partial charge in [-0.15, -0.1) is 0 Å². The minimum Gasteiger partial charge on any atom is -0.507 e. The lowest BCUT2D eigenvalue weighted by Crippen LogP contribution is -2.33. The Labute approximate surface area is 196 Å². The van der Waals surface area contributed by atoms with Crippen LogP contribution >= 0.6 is 0 Å². The molecule has 2 aromatic heterocycles. The second kappa shape index (κ2) is 10.5. The van der Waals surface area contributed by atoms with Crippen LogP contribution in [0.2, 0.25) is 0 Å². The molecule has 178 valence electrons. The van der Waals surface area contributed by atoms with Crippen molar-refractivity contribution in [3.05, 3.63) is 76.1 Å². The summed E-state index contributed by atoms with van der Waals surface area (Å²) < 4.78 is 22.5. The van der Waals surface area contributed by atoms with Crippen molar-refractivity contribution in [2.45, 2.75) is 20.0 Å². The fourth-order valence-electron chi connectivity index (χ4n) is 3.47. The van der Waals surface area contributed by atoms with Gasteiger partial charge in [-0.3, -0.25) is 0 Å². The van der Waals surface area contributed by atoms with Crippen LogP contribution < -0.4 is 20.4 Å². The van der Waals surface area contributed by atoms with Crippen LogP contribution in [-0.2, 0) is 0 Å². The molecule has 34 heavy (non-hydrogen) atoms. The molecule has 0 amide bonds. The van der Waals surface area contributed by atoms with Gasteiger partial charge in [0.05, 0.1) is 5.56 Å². The van der Waals surface area contributed by atoms with Gasteiger partial charge in [-0.25, -0.2) is 4.79 Å². The van der Waals surface area contributed by atoms with Gasteiger partial charge in [0.2, 0.25) is 0 Å². The molecule has 0 saturated carbocycles. The van der Waals surface area contributed by atoms with E-state index in [1.807, 2.05) is 36.4 Å². The van der Waals surface area contributed by atoms with Crippen LogP contribution in [0, 0.1) is 13.8 Å². The van der Waals surface area contributed by atoms with E-state index in [0.717, 1.165) is 11.1 Å². The molecule has 0 aliphatic rings. The van der Waals surface area contributed by atoms with Gasteiger partial charge in [0.25, 0.3) is 0 Å². The van der Waals surface area contributed by atoms with Gasteiger partial charge in [-0.2, -0.15) is 0 Å². The zero-order valence-corrected chi connectivity index (χ0v) is 19.0. The lowest BCUT2D eigenvalue weighted by atomic mass is 10.1. The molecule has 1 atom stereocenters. The van der Waals surface area contributed by atoms with E-state index < -0.39 is 11.7 Å². The highest BCUT2D eigenvalue weighted by atomic mass is 16.5. The Balaban J connectivity index is 1.29. The first-order valence-electron chi connectivity index (χ1n) is 11.0. The van der Waals surface area contributed by atoms with E-state index in [9.17, 15) is 15.0 Å². The van der Waals surface area contributed by atoms with Crippen LogP contribution in [0.5, 0.6) is 17.2 Å². The quantitative estimate of drug-likeness (QED) is 0.303. The molecule has 1 unspecified atom stereocenters. The normalized spacial score (nSPS) is 12.1. The number of hydrogen-bond acceptors (Lipinski definition) is 8. The Morgan fingerprint density at radius 3 is 2.56 bits per heavy atom. The molecule has 8 nitrogen and oxygen atoms in total. The minimum absolute atomic E-state index is 0.0972. The summed E-state index contributed by atoms with van der Waals surface area (Å²) in [4.78, 5) is 12.0. The number of benzene rings is 2. The lowest BCUT2D eigenvalue weighted by molar-refractivity contribution is 0.105. The van der Waals surface area contributed by atoms with E-state index >= 15 is 0 Å². The van der Waals surface area contributed by atoms with E-state index in [4.69, 9.17) is 18.3 Å². The van der Waals surface area contributed by atoms with Crippen LogP contribution in [0.25, 0.3) is 22.5 Å². The number of aliphatic hydroxyl groups is 1. The van der Waals surface area contributed by atoms with Gasteiger partial charge in [0, 0.05) is 24.0 Å².